The fourth-order valence-electron chi connectivity index (χ4n) is 4.62. The van der Waals surface area contributed by atoms with Crippen molar-refractivity contribution in [2.45, 2.75) is 46.2 Å². The van der Waals surface area contributed by atoms with Crippen LogP contribution in [0.1, 0.15) is 42.9 Å². The van der Waals surface area contributed by atoms with Gasteiger partial charge in [-0.1, -0.05) is 54.6 Å². The van der Waals surface area contributed by atoms with Crippen LogP contribution in [0.15, 0.2) is 97.1 Å². The smallest absolute Gasteiger partial charge is 0.305 e. The second kappa shape index (κ2) is 15.2. The molecule has 4 rings (SSSR count). The van der Waals surface area contributed by atoms with Gasteiger partial charge in [0.05, 0.1) is 23.7 Å². The Kier molecular flexibility index (Phi) is 10.9. The molecule has 0 atom stereocenters. The van der Waals surface area contributed by atoms with Gasteiger partial charge in [0.15, 0.2) is 0 Å². The van der Waals surface area contributed by atoms with Crippen molar-refractivity contribution >= 4 is 17.3 Å². The molecule has 0 unspecified atom stereocenters. The molecule has 0 aliphatic heterocycles. The first-order valence-electron chi connectivity index (χ1n) is 14.1. The van der Waals surface area contributed by atoms with E-state index < -0.39 is 0 Å². The number of nitro benzene ring substituents is 1. The van der Waals surface area contributed by atoms with Gasteiger partial charge in [-0.15, -0.1) is 0 Å². The van der Waals surface area contributed by atoms with Gasteiger partial charge < -0.3 is 19.1 Å². The summed E-state index contributed by atoms with van der Waals surface area (Å²) in [5, 5.41) is 11.6. The van der Waals surface area contributed by atoms with Crippen molar-refractivity contribution in [2.24, 2.45) is 0 Å². The summed E-state index contributed by atoms with van der Waals surface area (Å²) in [7, 11) is 0. The summed E-state index contributed by atoms with van der Waals surface area (Å²) < 4.78 is 16.9. The number of hydrogen-bond donors (Lipinski definition) is 0. The fourth-order valence-corrected chi connectivity index (χ4v) is 4.62. The number of carbonyl (C=O) groups excluding carboxylic acids is 1. The number of nitro groups is 1. The van der Waals surface area contributed by atoms with E-state index in [1.807, 2.05) is 72.8 Å². The van der Waals surface area contributed by atoms with E-state index in [-0.39, 0.29) is 16.6 Å². The van der Waals surface area contributed by atoms with E-state index in [4.69, 9.17) is 14.2 Å². The molecule has 0 aliphatic carbocycles. The molecule has 0 heterocycles. The van der Waals surface area contributed by atoms with Crippen molar-refractivity contribution in [3.63, 3.8) is 0 Å². The standard InChI is InChI=1S/C34H36N2O6/c1-3-40-34(37)17-7-8-22-41-30-13-9-14-31(23-30)42-29-20-18-28(19-21-29)25-35(24-27-11-5-4-6-12-27)32-15-10-16-33(26(32)2)36(38)39/h4-6,9-16,18-21,23H,3,7-8,17,22,24-25H2,1-2H3. The highest BCUT2D eigenvalue weighted by molar-refractivity contribution is 5.69. The van der Waals surface area contributed by atoms with Gasteiger partial charge in [0.1, 0.15) is 17.2 Å². The largest absolute Gasteiger partial charge is 0.493 e. The Balaban J connectivity index is 1.39. The molecule has 0 saturated heterocycles. The first kappa shape index (κ1) is 30.1. The maximum absolute atomic E-state index is 11.6. The number of esters is 1. The SMILES string of the molecule is CCOC(=O)CCCCOc1cccc(Oc2ccc(CN(Cc3ccccc3)c3cccc([N+](=O)[O-])c3C)cc2)c1. The fraction of sp³-hybridized carbons (Fsp3) is 0.265. The average molecular weight is 569 g/mol. The summed E-state index contributed by atoms with van der Waals surface area (Å²) in [4.78, 5) is 24.9. The molecule has 8 nitrogen and oxygen atoms in total. The third-order valence-corrected chi connectivity index (χ3v) is 6.72. The average Bonchev–Trinajstić information content (AvgIpc) is 2.98. The highest BCUT2D eigenvalue weighted by Gasteiger charge is 2.18. The number of anilines is 1. The second-order valence-electron chi connectivity index (χ2n) is 9.85. The van der Waals surface area contributed by atoms with Crippen LogP contribution in [0.25, 0.3) is 0 Å². The minimum atomic E-state index is -0.335. The van der Waals surface area contributed by atoms with Gasteiger partial charge in [0, 0.05) is 37.3 Å². The van der Waals surface area contributed by atoms with E-state index in [0.717, 1.165) is 23.2 Å². The van der Waals surface area contributed by atoms with Gasteiger partial charge >= 0.3 is 5.97 Å². The topological polar surface area (TPSA) is 91.1 Å². The first-order valence-corrected chi connectivity index (χ1v) is 14.1. The van der Waals surface area contributed by atoms with Crippen molar-refractivity contribution < 1.29 is 23.9 Å². The number of carbonyl (C=O) groups is 1. The van der Waals surface area contributed by atoms with Gasteiger partial charge in [-0.3, -0.25) is 14.9 Å². The molecule has 4 aromatic rings. The third-order valence-electron chi connectivity index (χ3n) is 6.72. The zero-order valence-electron chi connectivity index (χ0n) is 24.0. The molecule has 0 amide bonds. The van der Waals surface area contributed by atoms with Crippen LogP contribution in [0.5, 0.6) is 17.2 Å². The van der Waals surface area contributed by atoms with Crippen LogP contribution in [0.3, 0.4) is 0 Å². The Morgan fingerprint density at radius 3 is 2.21 bits per heavy atom. The Bertz CT molecular complexity index is 1460. The lowest BCUT2D eigenvalue weighted by atomic mass is 10.1. The van der Waals surface area contributed by atoms with Crippen molar-refractivity contribution in [3.8, 4) is 17.2 Å². The van der Waals surface area contributed by atoms with E-state index in [1.54, 1.807) is 19.9 Å². The summed E-state index contributed by atoms with van der Waals surface area (Å²) in [5.41, 5.74) is 3.73. The predicted octanol–water partition coefficient (Wildman–Crippen LogP) is 8.01. The highest BCUT2D eigenvalue weighted by Crippen LogP contribution is 2.31. The molecular weight excluding hydrogens is 532 g/mol. The van der Waals surface area contributed by atoms with E-state index in [0.29, 0.717) is 62.0 Å². The Morgan fingerprint density at radius 1 is 0.810 bits per heavy atom. The molecule has 0 aromatic heterocycles. The van der Waals surface area contributed by atoms with Gasteiger partial charge in [-0.25, -0.2) is 0 Å². The van der Waals surface area contributed by atoms with Crippen LogP contribution < -0.4 is 14.4 Å². The van der Waals surface area contributed by atoms with Crippen molar-refractivity contribution in [1.82, 2.24) is 0 Å². The molecule has 0 spiro atoms. The van der Waals surface area contributed by atoms with Crippen molar-refractivity contribution in [3.05, 3.63) is 124 Å². The summed E-state index contributed by atoms with van der Waals surface area (Å²) >= 11 is 0. The third kappa shape index (κ3) is 8.83. The summed E-state index contributed by atoms with van der Waals surface area (Å²) in [6.07, 6.45) is 1.86. The van der Waals surface area contributed by atoms with Crippen molar-refractivity contribution in [1.29, 1.82) is 0 Å². The number of benzene rings is 4. The van der Waals surface area contributed by atoms with E-state index in [9.17, 15) is 14.9 Å². The van der Waals surface area contributed by atoms with Crippen molar-refractivity contribution in [2.75, 3.05) is 18.1 Å². The molecule has 8 heteroatoms. The predicted molar refractivity (Wildman–Crippen MR) is 163 cm³/mol. The normalized spacial score (nSPS) is 10.6. The van der Waals surface area contributed by atoms with Crippen LogP contribution >= 0.6 is 0 Å². The number of hydrogen-bond acceptors (Lipinski definition) is 7. The van der Waals surface area contributed by atoms with Gasteiger partial charge in [0.2, 0.25) is 0 Å². The molecule has 0 N–H and O–H groups in total. The molecule has 0 fully saturated rings. The highest BCUT2D eigenvalue weighted by atomic mass is 16.6. The van der Waals surface area contributed by atoms with Crippen LogP contribution in [0.2, 0.25) is 0 Å². The molecule has 42 heavy (non-hydrogen) atoms. The molecule has 0 bridgehead atoms. The number of rotatable bonds is 15. The minimum absolute atomic E-state index is 0.109. The molecule has 4 aromatic carbocycles. The summed E-state index contributed by atoms with van der Waals surface area (Å²) in [6, 6.07) is 30.6. The van der Waals surface area contributed by atoms with Gasteiger partial charge in [0.25, 0.3) is 5.69 Å². The van der Waals surface area contributed by atoms with E-state index >= 15 is 0 Å². The Labute approximate surface area is 246 Å². The monoisotopic (exact) mass is 568 g/mol. The molecule has 0 saturated carbocycles. The van der Waals surface area contributed by atoms with Crippen LogP contribution in [-0.4, -0.2) is 24.1 Å². The van der Waals surface area contributed by atoms with Gasteiger partial charge in [-0.2, -0.15) is 0 Å². The lowest BCUT2D eigenvalue weighted by Crippen LogP contribution is -2.23. The zero-order chi connectivity index (χ0) is 29.7. The maximum Gasteiger partial charge on any atom is 0.305 e. The lowest BCUT2D eigenvalue weighted by molar-refractivity contribution is -0.385. The Hall–Kier alpha value is -4.85. The summed E-state index contributed by atoms with van der Waals surface area (Å²) in [5.74, 6) is 1.86. The molecule has 218 valence electrons. The van der Waals surface area contributed by atoms with Crippen LogP contribution in [0.4, 0.5) is 11.4 Å². The lowest BCUT2D eigenvalue weighted by Gasteiger charge is -2.27. The number of unbranched alkanes of at least 4 members (excludes halogenated alkanes) is 1. The minimum Gasteiger partial charge on any atom is -0.493 e. The molecule has 0 aliphatic rings. The van der Waals surface area contributed by atoms with E-state index in [1.165, 1.54) is 6.07 Å². The summed E-state index contributed by atoms with van der Waals surface area (Å²) in [6.45, 7) is 5.67. The number of nitrogens with zero attached hydrogens (tertiary/aromatic N) is 2. The second-order valence-corrected chi connectivity index (χ2v) is 9.85. The Morgan fingerprint density at radius 2 is 1.50 bits per heavy atom. The van der Waals surface area contributed by atoms with Crippen LogP contribution in [-0.2, 0) is 22.6 Å². The van der Waals surface area contributed by atoms with Gasteiger partial charge in [-0.05, 0) is 68.1 Å². The maximum atomic E-state index is 11.6. The molecule has 0 radical (unpaired) electrons. The number of ether oxygens (including phenoxy) is 3. The van der Waals surface area contributed by atoms with E-state index in [2.05, 4.69) is 17.0 Å². The van der Waals surface area contributed by atoms with Crippen LogP contribution in [0, 0.1) is 17.0 Å². The quantitative estimate of drug-likeness (QED) is 0.0621. The molecular formula is C34H36N2O6. The first-order chi connectivity index (χ1) is 20.4. The zero-order valence-corrected chi connectivity index (χ0v) is 24.0.